The second kappa shape index (κ2) is 11.5. The summed E-state index contributed by atoms with van der Waals surface area (Å²) in [5.41, 5.74) is 3.01. The number of methoxy groups -OCH3 is 2. The summed E-state index contributed by atoms with van der Waals surface area (Å²) in [5, 5.41) is 1.08. The molecule has 1 aliphatic rings. The summed E-state index contributed by atoms with van der Waals surface area (Å²) in [6.07, 6.45) is 1.29. The molecule has 7 nitrogen and oxygen atoms in total. The Balaban J connectivity index is 1.50. The third kappa shape index (κ3) is 6.10. The second-order valence-corrected chi connectivity index (χ2v) is 9.38. The molecule has 2 aromatic carbocycles. The van der Waals surface area contributed by atoms with Crippen molar-refractivity contribution in [2.75, 3.05) is 40.5 Å². The number of rotatable bonds is 9. The number of fused-ring (bicyclic) bond motifs is 1. The Morgan fingerprint density at radius 3 is 2.74 bits per heavy atom. The predicted molar refractivity (Wildman–Crippen MR) is 137 cm³/mol. The molecule has 7 heteroatoms. The molecule has 2 heterocycles. The normalized spacial score (nSPS) is 16.4. The molecule has 1 saturated heterocycles. The Morgan fingerprint density at radius 1 is 1.14 bits per heavy atom. The van der Waals surface area contributed by atoms with Crippen LogP contribution in [0.2, 0.25) is 0 Å². The molecule has 1 fully saturated rings. The fraction of sp³-hybridized carbons (Fsp3) is 0.429. The molecule has 1 amide bonds. The van der Waals surface area contributed by atoms with E-state index in [4.69, 9.17) is 14.2 Å². The molecule has 4 rings (SSSR count). The average molecular weight is 478 g/mol. The fourth-order valence-electron chi connectivity index (χ4n) is 4.62. The van der Waals surface area contributed by atoms with Gasteiger partial charge in [-0.15, -0.1) is 0 Å². The van der Waals surface area contributed by atoms with Crippen LogP contribution in [0.1, 0.15) is 25.0 Å². The van der Waals surface area contributed by atoms with Gasteiger partial charge < -0.3 is 19.1 Å². The van der Waals surface area contributed by atoms with E-state index in [0.717, 1.165) is 40.1 Å². The van der Waals surface area contributed by atoms with E-state index >= 15 is 0 Å². The summed E-state index contributed by atoms with van der Waals surface area (Å²) in [6.45, 7) is 7.87. The molecular formula is C28H35N3O4. The van der Waals surface area contributed by atoms with Crippen LogP contribution in [0.3, 0.4) is 0 Å². The molecule has 0 N–H and O–H groups in total. The number of para-hydroxylation sites is 1. The Morgan fingerprint density at radius 2 is 1.97 bits per heavy atom. The number of carbonyl (C=O) groups excluding carboxylic acids is 1. The maximum atomic E-state index is 13.7. The van der Waals surface area contributed by atoms with Crippen LogP contribution < -0.4 is 9.47 Å². The zero-order chi connectivity index (χ0) is 24.8. The summed E-state index contributed by atoms with van der Waals surface area (Å²) in [7, 11) is 3.33. The van der Waals surface area contributed by atoms with Gasteiger partial charge in [0.25, 0.3) is 5.91 Å². The van der Waals surface area contributed by atoms with Crippen LogP contribution in [0.15, 0.2) is 54.7 Å². The van der Waals surface area contributed by atoms with Crippen LogP contribution in [-0.2, 0) is 22.6 Å². The molecule has 1 atom stereocenters. The first-order valence-corrected chi connectivity index (χ1v) is 12.1. The molecule has 0 saturated carbocycles. The maximum absolute atomic E-state index is 13.7. The number of hydrogen-bond acceptors (Lipinski definition) is 6. The minimum Gasteiger partial charge on any atom is -0.497 e. The van der Waals surface area contributed by atoms with Gasteiger partial charge in [-0.25, -0.2) is 0 Å². The van der Waals surface area contributed by atoms with Gasteiger partial charge in [0, 0.05) is 49.9 Å². The monoisotopic (exact) mass is 477 g/mol. The van der Waals surface area contributed by atoms with Crippen molar-refractivity contribution in [3.8, 4) is 11.5 Å². The van der Waals surface area contributed by atoms with E-state index in [9.17, 15) is 4.79 Å². The lowest BCUT2D eigenvalue weighted by Gasteiger charge is -2.36. The highest BCUT2D eigenvalue weighted by atomic mass is 16.5. The first-order valence-electron chi connectivity index (χ1n) is 12.1. The number of morpholine rings is 1. The fourth-order valence-corrected chi connectivity index (χ4v) is 4.62. The summed E-state index contributed by atoms with van der Waals surface area (Å²) in [5.74, 6) is 1.95. The topological polar surface area (TPSA) is 64.1 Å². The summed E-state index contributed by atoms with van der Waals surface area (Å²) in [6, 6.07) is 15.9. The SMILES string of the molecule is COc1ccc(OC)c(CN2CCO[C@@H](C(=O)N(Cc3cccc4cccnc34)CC(C)C)C2)c1. The van der Waals surface area contributed by atoms with E-state index in [2.05, 4.69) is 41.9 Å². The Labute approximate surface area is 207 Å². The van der Waals surface area contributed by atoms with Crippen molar-refractivity contribution in [2.45, 2.75) is 33.0 Å². The number of ether oxygens (including phenoxy) is 3. The molecule has 0 spiro atoms. The number of pyridine rings is 1. The lowest BCUT2D eigenvalue weighted by atomic mass is 10.1. The smallest absolute Gasteiger partial charge is 0.253 e. The van der Waals surface area contributed by atoms with Crippen LogP contribution in [0.5, 0.6) is 11.5 Å². The quantitative estimate of drug-likeness (QED) is 0.462. The minimum atomic E-state index is -0.512. The van der Waals surface area contributed by atoms with Gasteiger partial charge in [0.2, 0.25) is 0 Å². The minimum absolute atomic E-state index is 0.0222. The number of amides is 1. The highest BCUT2D eigenvalue weighted by Gasteiger charge is 2.31. The van der Waals surface area contributed by atoms with Crippen molar-refractivity contribution in [1.82, 2.24) is 14.8 Å². The third-order valence-corrected chi connectivity index (χ3v) is 6.28. The third-order valence-electron chi connectivity index (χ3n) is 6.28. The van der Waals surface area contributed by atoms with Gasteiger partial charge in [-0.05, 0) is 35.7 Å². The van der Waals surface area contributed by atoms with Gasteiger partial charge in [0.1, 0.15) is 17.6 Å². The van der Waals surface area contributed by atoms with E-state index in [1.165, 1.54) is 0 Å². The van der Waals surface area contributed by atoms with Gasteiger partial charge in [-0.2, -0.15) is 0 Å². The molecule has 0 unspecified atom stereocenters. The van der Waals surface area contributed by atoms with E-state index in [1.807, 2.05) is 35.2 Å². The van der Waals surface area contributed by atoms with Crippen molar-refractivity contribution in [2.24, 2.45) is 5.92 Å². The van der Waals surface area contributed by atoms with Crippen molar-refractivity contribution in [1.29, 1.82) is 0 Å². The number of benzene rings is 2. The molecule has 0 radical (unpaired) electrons. The van der Waals surface area contributed by atoms with Crippen molar-refractivity contribution in [3.05, 3.63) is 65.9 Å². The van der Waals surface area contributed by atoms with Crippen molar-refractivity contribution >= 4 is 16.8 Å². The largest absolute Gasteiger partial charge is 0.497 e. The highest BCUT2D eigenvalue weighted by Crippen LogP contribution is 2.26. The van der Waals surface area contributed by atoms with Crippen LogP contribution in [0.4, 0.5) is 0 Å². The summed E-state index contributed by atoms with van der Waals surface area (Å²) in [4.78, 5) is 22.5. The van der Waals surface area contributed by atoms with E-state index in [-0.39, 0.29) is 5.91 Å². The molecule has 3 aromatic rings. The molecule has 186 valence electrons. The van der Waals surface area contributed by atoms with Crippen LogP contribution in [-0.4, -0.2) is 67.3 Å². The molecule has 35 heavy (non-hydrogen) atoms. The molecule has 1 aromatic heterocycles. The molecule has 0 aliphatic carbocycles. The number of aromatic nitrogens is 1. The highest BCUT2D eigenvalue weighted by molar-refractivity contribution is 5.84. The van der Waals surface area contributed by atoms with Crippen LogP contribution in [0, 0.1) is 5.92 Å². The Bertz CT molecular complexity index is 1140. The first-order chi connectivity index (χ1) is 17.0. The molecule has 0 bridgehead atoms. The zero-order valence-corrected chi connectivity index (χ0v) is 21.1. The van der Waals surface area contributed by atoms with Gasteiger partial charge in [0.15, 0.2) is 0 Å². The number of carbonyl (C=O) groups is 1. The maximum Gasteiger partial charge on any atom is 0.253 e. The standard InChI is InChI=1S/C28H35N3O4/c1-20(2)16-31(18-22-8-5-7-21-9-6-12-29-27(21)22)28(32)26-19-30(13-14-35-26)17-23-15-24(33-3)10-11-25(23)34-4/h5-12,15,20,26H,13-14,16-19H2,1-4H3/t26-/m1/s1. The van der Waals surface area contributed by atoms with Gasteiger partial charge >= 0.3 is 0 Å². The van der Waals surface area contributed by atoms with E-state index < -0.39 is 6.10 Å². The Kier molecular flexibility index (Phi) is 8.21. The Hall–Kier alpha value is -3.16. The summed E-state index contributed by atoms with van der Waals surface area (Å²) >= 11 is 0. The lowest BCUT2D eigenvalue weighted by molar-refractivity contribution is -0.151. The van der Waals surface area contributed by atoms with Crippen LogP contribution >= 0.6 is 0 Å². The second-order valence-electron chi connectivity index (χ2n) is 9.38. The lowest BCUT2D eigenvalue weighted by Crippen LogP contribution is -2.51. The van der Waals surface area contributed by atoms with Crippen molar-refractivity contribution < 1.29 is 19.0 Å². The zero-order valence-electron chi connectivity index (χ0n) is 21.1. The summed E-state index contributed by atoms with van der Waals surface area (Å²) < 4.78 is 16.9. The van der Waals surface area contributed by atoms with Gasteiger partial charge in [-0.1, -0.05) is 38.1 Å². The predicted octanol–water partition coefficient (Wildman–Crippen LogP) is 4.14. The molecule has 1 aliphatic heterocycles. The van der Waals surface area contributed by atoms with E-state index in [0.29, 0.717) is 38.7 Å². The van der Waals surface area contributed by atoms with Gasteiger partial charge in [0.05, 0.1) is 26.3 Å². The van der Waals surface area contributed by atoms with Crippen LogP contribution in [0.25, 0.3) is 10.9 Å². The van der Waals surface area contributed by atoms with Gasteiger partial charge in [-0.3, -0.25) is 14.7 Å². The first kappa shape index (κ1) is 24.9. The molecular weight excluding hydrogens is 442 g/mol. The number of nitrogens with zero attached hydrogens (tertiary/aromatic N) is 3. The average Bonchev–Trinajstić information content (AvgIpc) is 2.88. The van der Waals surface area contributed by atoms with E-state index in [1.54, 1.807) is 20.4 Å². The number of hydrogen-bond donors (Lipinski definition) is 0. The van der Waals surface area contributed by atoms with Crippen molar-refractivity contribution in [3.63, 3.8) is 0 Å².